The average molecular weight is 402 g/mol. The molecule has 0 saturated heterocycles. The third-order valence-electron chi connectivity index (χ3n) is 3.80. The van der Waals surface area contributed by atoms with Gasteiger partial charge in [0.15, 0.2) is 0 Å². The molecule has 1 aromatic heterocycles. The molecule has 27 heavy (non-hydrogen) atoms. The molecule has 5 nitrogen and oxygen atoms in total. The number of nitrogens with zero attached hydrogens (tertiary/aromatic N) is 1. The van der Waals surface area contributed by atoms with Gasteiger partial charge in [0, 0.05) is 11.3 Å². The monoisotopic (exact) mass is 401 g/mol. The van der Waals surface area contributed by atoms with Gasteiger partial charge in [-0.05, 0) is 48.9 Å². The van der Waals surface area contributed by atoms with E-state index in [9.17, 15) is 4.79 Å². The lowest BCUT2D eigenvalue weighted by Crippen LogP contribution is -2.26. The number of carbonyl (C=O) groups is 1. The van der Waals surface area contributed by atoms with Gasteiger partial charge in [0.1, 0.15) is 11.5 Å². The van der Waals surface area contributed by atoms with E-state index in [4.69, 9.17) is 27.6 Å². The average Bonchev–Trinajstić information content (AvgIpc) is 3.12. The highest BCUT2D eigenvalue weighted by molar-refractivity contribution is 6.42. The van der Waals surface area contributed by atoms with Crippen molar-refractivity contribution in [1.82, 2.24) is 5.43 Å². The zero-order valence-electron chi connectivity index (χ0n) is 14.5. The third kappa shape index (κ3) is 5.12. The Balaban J connectivity index is 1.54. The molecule has 0 radical (unpaired) electrons. The zero-order chi connectivity index (χ0) is 19.2. The van der Waals surface area contributed by atoms with Crippen LogP contribution in [0.25, 0.3) is 11.3 Å². The summed E-state index contributed by atoms with van der Waals surface area (Å²) in [6.07, 6.45) is 1.44. The van der Waals surface area contributed by atoms with Crippen molar-refractivity contribution in [2.24, 2.45) is 5.10 Å². The molecular formula is C20H17Cl2N3O2. The Morgan fingerprint density at radius 1 is 1.11 bits per heavy atom. The molecule has 3 aromatic rings. The number of hydrazone groups is 1. The Morgan fingerprint density at radius 2 is 1.93 bits per heavy atom. The van der Waals surface area contributed by atoms with Gasteiger partial charge >= 0.3 is 0 Å². The zero-order valence-corrected chi connectivity index (χ0v) is 16.0. The number of rotatable bonds is 6. The van der Waals surface area contributed by atoms with E-state index in [1.54, 1.807) is 24.3 Å². The first-order chi connectivity index (χ1) is 13.0. The number of benzene rings is 2. The van der Waals surface area contributed by atoms with Crippen LogP contribution in [0, 0.1) is 6.92 Å². The van der Waals surface area contributed by atoms with Crippen LogP contribution in [0.1, 0.15) is 11.3 Å². The maximum absolute atomic E-state index is 11.9. The molecule has 2 N–H and O–H groups in total. The molecule has 1 amide bonds. The predicted molar refractivity (Wildman–Crippen MR) is 110 cm³/mol. The number of aryl methyl sites for hydroxylation is 1. The summed E-state index contributed by atoms with van der Waals surface area (Å²) in [5, 5.41) is 7.91. The standard InChI is InChI=1S/C20H17Cl2N3O2/c1-13-4-2-3-5-18(13)23-12-20(26)25-24-11-15-7-9-19(27-15)14-6-8-16(21)17(22)10-14/h2-11,23H,12H2,1H3,(H,25,26)/b24-11-. The lowest BCUT2D eigenvalue weighted by Gasteiger charge is -2.07. The minimum absolute atomic E-state index is 0.120. The van der Waals surface area contributed by atoms with Crippen LogP contribution in [0.3, 0.4) is 0 Å². The van der Waals surface area contributed by atoms with Gasteiger partial charge in [0.2, 0.25) is 0 Å². The molecule has 0 atom stereocenters. The quantitative estimate of drug-likeness (QED) is 0.444. The Hall–Kier alpha value is -2.76. The van der Waals surface area contributed by atoms with E-state index in [2.05, 4.69) is 15.8 Å². The van der Waals surface area contributed by atoms with E-state index in [0.29, 0.717) is 21.6 Å². The Kier molecular flexibility index (Phi) is 6.16. The van der Waals surface area contributed by atoms with Crippen molar-refractivity contribution in [1.29, 1.82) is 0 Å². The Morgan fingerprint density at radius 3 is 2.70 bits per heavy atom. The van der Waals surface area contributed by atoms with Crippen LogP contribution in [-0.2, 0) is 4.79 Å². The van der Waals surface area contributed by atoms with Gasteiger partial charge in [-0.15, -0.1) is 0 Å². The second kappa shape index (κ2) is 8.75. The maximum atomic E-state index is 11.9. The highest BCUT2D eigenvalue weighted by atomic mass is 35.5. The highest BCUT2D eigenvalue weighted by Crippen LogP contribution is 2.29. The van der Waals surface area contributed by atoms with Crippen molar-refractivity contribution in [3.63, 3.8) is 0 Å². The van der Waals surface area contributed by atoms with Crippen LogP contribution in [0.5, 0.6) is 0 Å². The van der Waals surface area contributed by atoms with Gasteiger partial charge < -0.3 is 9.73 Å². The largest absolute Gasteiger partial charge is 0.455 e. The van der Waals surface area contributed by atoms with Gasteiger partial charge in [-0.3, -0.25) is 4.79 Å². The molecular weight excluding hydrogens is 385 g/mol. The lowest BCUT2D eigenvalue weighted by atomic mass is 10.2. The summed E-state index contributed by atoms with van der Waals surface area (Å²) in [6.45, 7) is 2.09. The van der Waals surface area contributed by atoms with Crippen molar-refractivity contribution in [2.45, 2.75) is 6.92 Å². The van der Waals surface area contributed by atoms with E-state index in [0.717, 1.165) is 16.8 Å². The fourth-order valence-corrected chi connectivity index (χ4v) is 2.68. The van der Waals surface area contributed by atoms with Crippen LogP contribution in [-0.4, -0.2) is 18.7 Å². The van der Waals surface area contributed by atoms with Gasteiger partial charge in [-0.1, -0.05) is 41.4 Å². The first kappa shape index (κ1) is 19.0. The van der Waals surface area contributed by atoms with Crippen LogP contribution in [0.15, 0.2) is 64.1 Å². The third-order valence-corrected chi connectivity index (χ3v) is 4.54. The number of carbonyl (C=O) groups excluding carboxylic acids is 1. The molecule has 0 unspecified atom stereocenters. The van der Waals surface area contributed by atoms with E-state index in [1.165, 1.54) is 6.21 Å². The minimum atomic E-state index is -0.259. The fraction of sp³-hybridized carbons (Fsp3) is 0.100. The molecule has 1 heterocycles. The molecule has 7 heteroatoms. The Bertz CT molecular complexity index is 983. The molecule has 0 aliphatic carbocycles. The summed E-state index contributed by atoms with van der Waals surface area (Å²) in [5.74, 6) is 0.872. The topological polar surface area (TPSA) is 66.6 Å². The lowest BCUT2D eigenvalue weighted by molar-refractivity contribution is -0.119. The second-order valence-electron chi connectivity index (χ2n) is 5.79. The number of amides is 1. The number of halogens is 2. The Labute approximate surface area is 167 Å². The fourth-order valence-electron chi connectivity index (χ4n) is 2.38. The van der Waals surface area contributed by atoms with Crippen LogP contribution < -0.4 is 10.7 Å². The van der Waals surface area contributed by atoms with Crippen LogP contribution >= 0.6 is 23.2 Å². The number of nitrogens with one attached hydrogen (secondary N) is 2. The van der Waals surface area contributed by atoms with Gasteiger partial charge in [-0.25, -0.2) is 5.43 Å². The summed E-state index contributed by atoms with van der Waals surface area (Å²) in [5.41, 5.74) is 5.24. The van der Waals surface area contributed by atoms with Gasteiger partial charge in [0.25, 0.3) is 5.91 Å². The summed E-state index contributed by atoms with van der Waals surface area (Å²) in [6, 6.07) is 16.5. The van der Waals surface area contributed by atoms with E-state index >= 15 is 0 Å². The van der Waals surface area contributed by atoms with Crippen molar-refractivity contribution in [3.8, 4) is 11.3 Å². The van der Waals surface area contributed by atoms with Gasteiger partial charge in [0.05, 0.1) is 22.8 Å². The summed E-state index contributed by atoms with van der Waals surface area (Å²) < 4.78 is 5.67. The van der Waals surface area contributed by atoms with Crippen molar-refractivity contribution < 1.29 is 9.21 Å². The molecule has 0 fully saturated rings. The molecule has 0 aliphatic rings. The van der Waals surface area contributed by atoms with Crippen LogP contribution in [0.2, 0.25) is 10.0 Å². The second-order valence-corrected chi connectivity index (χ2v) is 6.61. The van der Waals surface area contributed by atoms with Crippen molar-refractivity contribution in [2.75, 3.05) is 11.9 Å². The summed E-state index contributed by atoms with van der Waals surface area (Å²) >= 11 is 11.9. The first-order valence-corrected chi connectivity index (χ1v) is 8.95. The number of anilines is 1. The highest BCUT2D eigenvalue weighted by Gasteiger charge is 2.06. The molecule has 138 valence electrons. The predicted octanol–water partition coefficient (Wildman–Crippen LogP) is 5.12. The number of furan rings is 1. The number of hydrogen-bond donors (Lipinski definition) is 2. The van der Waals surface area contributed by atoms with Crippen molar-refractivity contribution >= 4 is 41.0 Å². The smallest absolute Gasteiger partial charge is 0.259 e. The molecule has 0 aliphatic heterocycles. The van der Waals surface area contributed by atoms with Gasteiger partial charge in [-0.2, -0.15) is 5.10 Å². The molecule has 2 aromatic carbocycles. The van der Waals surface area contributed by atoms with Crippen LogP contribution in [0.4, 0.5) is 5.69 Å². The normalized spacial score (nSPS) is 10.9. The van der Waals surface area contributed by atoms with E-state index in [-0.39, 0.29) is 12.5 Å². The number of hydrogen-bond acceptors (Lipinski definition) is 4. The molecule has 3 rings (SSSR count). The van der Waals surface area contributed by atoms with Crippen molar-refractivity contribution in [3.05, 3.63) is 76.0 Å². The number of para-hydroxylation sites is 1. The minimum Gasteiger partial charge on any atom is -0.455 e. The first-order valence-electron chi connectivity index (χ1n) is 8.19. The molecule has 0 bridgehead atoms. The summed E-state index contributed by atoms with van der Waals surface area (Å²) in [4.78, 5) is 11.9. The maximum Gasteiger partial charge on any atom is 0.259 e. The van der Waals surface area contributed by atoms with E-state index in [1.807, 2.05) is 37.3 Å². The summed E-state index contributed by atoms with van der Waals surface area (Å²) in [7, 11) is 0. The molecule has 0 spiro atoms. The van der Waals surface area contributed by atoms with E-state index < -0.39 is 0 Å². The SMILES string of the molecule is Cc1ccccc1NCC(=O)N/N=C\c1ccc(-c2ccc(Cl)c(Cl)c2)o1. The molecule has 0 saturated carbocycles.